The molecular weight excluding hydrogens is 232 g/mol. The Balaban J connectivity index is 3.38. The molecule has 19 heavy (non-hydrogen) atoms. The highest BCUT2D eigenvalue weighted by molar-refractivity contribution is 5.50. The molecule has 1 N–H and O–H groups in total. The van der Waals surface area contributed by atoms with Gasteiger partial charge in [0.2, 0.25) is 0 Å². The molecule has 0 heterocycles. The predicted molar refractivity (Wildman–Crippen MR) is 84.3 cm³/mol. The lowest BCUT2D eigenvalue weighted by Crippen LogP contribution is -2.18. The van der Waals surface area contributed by atoms with Gasteiger partial charge in [0, 0.05) is 6.42 Å². The van der Waals surface area contributed by atoms with Crippen LogP contribution in [0, 0.1) is 16.2 Å². The Hall–Kier alpha value is -0.720. The van der Waals surface area contributed by atoms with Crippen LogP contribution in [0.3, 0.4) is 0 Å². The molecule has 1 nitrogen and oxygen atoms in total. The van der Waals surface area contributed by atoms with Crippen molar-refractivity contribution < 1.29 is 5.11 Å². The SMILES string of the molecule is CC(C)(C)CC1=C(C(C)(C)C)CC(O)=C1C(C)(C)C. The minimum atomic E-state index is 0.0116. The molecular formula is C18H32O. The fourth-order valence-electron chi connectivity index (χ4n) is 3.02. The van der Waals surface area contributed by atoms with Gasteiger partial charge in [0.25, 0.3) is 0 Å². The molecule has 0 aromatic rings. The van der Waals surface area contributed by atoms with Crippen molar-refractivity contribution in [1.82, 2.24) is 0 Å². The van der Waals surface area contributed by atoms with E-state index in [1.165, 1.54) is 16.7 Å². The Kier molecular flexibility index (Phi) is 4.02. The number of hydrogen-bond donors (Lipinski definition) is 1. The Morgan fingerprint density at radius 1 is 0.842 bits per heavy atom. The summed E-state index contributed by atoms with van der Waals surface area (Å²) in [5.41, 5.74) is 4.40. The number of hydrogen-bond acceptors (Lipinski definition) is 1. The van der Waals surface area contributed by atoms with Gasteiger partial charge in [0.15, 0.2) is 0 Å². The second kappa shape index (κ2) is 4.68. The van der Waals surface area contributed by atoms with Gasteiger partial charge in [-0.05, 0) is 33.8 Å². The maximum atomic E-state index is 10.5. The molecule has 0 aromatic heterocycles. The highest BCUT2D eigenvalue weighted by atomic mass is 16.3. The second-order valence-electron chi connectivity index (χ2n) is 9.19. The van der Waals surface area contributed by atoms with Crippen LogP contribution in [0.25, 0.3) is 0 Å². The summed E-state index contributed by atoms with van der Waals surface area (Å²) in [6.07, 6.45) is 1.78. The van der Waals surface area contributed by atoms with E-state index in [0.717, 1.165) is 12.8 Å². The van der Waals surface area contributed by atoms with Crippen LogP contribution in [0.5, 0.6) is 0 Å². The zero-order valence-electron chi connectivity index (χ0n) is 14.4. The predicted octanol–water partition coefficient (Wildman–Crippen LogP) is 6.03. The van der Waals surface area contributed by atoms with E-state index in [2.05, 4.69) is 62.3 Å². The summed E-state index contributed by atoms with van der Waals surface area (Å²) in [4.78, 5) is 0. The highest BCUT2D eigenvalue weighted by Crippen LogP contribution is 2.50. The van der Waals surface area contributed by atoms with Crippen molar-refractivity contribution in [1.29, 1.82) is 0 Å². The van der Waals surface area contributed by atoms with Crippen molar-refractivity contribution in [3.63, 3.8) is 0 Å². The Bertz CT molecular complexity index is 414. The molecule has 0 saturated heterocycles. The van der Waals surface area contributed by atoms with Crippen LogP contribution < -0.4 is 0 Å². The molecule has 1 rings (SSSR count). The average Bonchev–Trinajstić information content (AvgIpc) is 2.36. The van der Waals surface area contributed by atoms with Gasteiger partial charge in [-0.2, -0.15) is 0 Å². The first-order valence-corrected chi connectivity index (χ1v) is 7.39. The van der Waals surface area contributed by atoms with E-state index in [1.54, 1.807) is 0 Å². The minimum Gasteiger partial charge on any atom is -0.512 e. The van der Waals surface area contributed by atoms with Gasteiger partial charge in [0.05, 0.1) is 0 Å². The van der Waals surface area contributed by atoms with Crippen LogP contribution in [0.2, 0.25) is 0 Å². The topological polar surface area (TPSA) is 20.2 Å². The van der Waals surface area contributed by atoms with Gasteiger partial charge in [-0.1, -0.05) is 67.9 Å². The van der Waals surface area contributed by atoms with Crippen LogP contribution in [0.1, 0.15) is 75.2 Å². The van der Waals surface area contributed by atoms with E-state index >= 15 is 0 Å². The lowest BCUT2D eigenvalue weighted by atomic mass is 9.74. The molecule has 110 valence electrons. The summed E-state index contributed by atoms with van der Waals surface area (Å²) >= 11 is 0. The third-order valence-electron chi connectivity index (χ3n) is 3.66. The molecule has 0 atom stereocenters. The summed E-state index contributed by atoms with van der Waals surface area (Å²) in [6, 6.07) is 0. The first-order chi connectivity index (χ1) is 8.23. The van der Waals surface area contributed by atoms with E-state index in [1.807, 2.05) is 0 Å². The van der Waals surface area contributed by atoms with Crippen molar-refractivity contribution in [3.05, 3.63) is 22.5 Å². The van der Waals surface area contributed by atoms with Crippen molar-refractivity contribution >= 4 is 0 Å². The molecule has 0 fully saturated rings. The van der Waals surface area contributed by atoms with Crippen molar-refractivity contribution in [2.45, 2.75) is 75.2 Å². The van der Waals surface area contributed by atoms with Gasteiger partial charge in [0.1, 0.15) is 5.76 Å². The van der Waals surface area contributed by atoms with Crippen LogP contribution in [-0.2, 0) is 0 Å². The largest absolute Gasteiger partial charge is 0.512 e. The van der Waals surface area contributed by atoms with Crippen LogP contribution in [-0.4, -0.2) is 5.11 Å². The van der Waals surface area contributed by atoms with E-state index in [-0.39, 0.29) is 16.2 Å². The normalized spacial score (nSPS) is 18.6. The smallest absolute Gasteiger partial charge is 0.100 e. The maximum Gasteiger partial charge on any atom is 0.100 e. The van der Waals surface area contributed by atoms with Gasteiger partial charge < -0.3 is 5.11 Å². The summed E-state index contributed by atoms with van der Waals surface area (Å²) < 4.78 is 0. The first-order valence-electron chi connectivity index (χ1n) is 7.39. The lowest BCUT2D eigenvalue weighted by Gasteiger charge is -2.31. The first kappa shape index (κ1) is 16.3. The Labute approximate surface area is 119 Å². The van der Waals surface area contributed by atoms with E-state index < -0.39 is 0 Å². The Morgan fingerprint density at radius 3 is 1.63 bits per heavy atom. The highest BCUT2D eigenvalue weighted by Gasteiger charge is 2.37. The molecule has 0 radical (unpaired) electrons. The standard InChI is InChI=1S/C18H32O/c1-16(2,3)11-12-13(17(4,5)6)10-14(19)15(12)18(7,8)9/h19H,10-11H2,1-9H3. The summed E-state index contributed by atoms with van der Waals surface area (Å²) in [5, 5.41) is 10.5. The van der Waals surface area contributed by atoms with E-state index in [4.69, 9.17) is 0 Å². The lowest BCUT2D eigenvalue weighted by molar-refractivity contribution is 0.363. The van der Waals surface area contributed by atoms with Crippen LogP contribution in [0.15, 0.2) is 22.5 Å². The van der Waals surface area contributed by atoms with E-state index in [9.17, 15) is 5.11 Å². The molecule has 0 spiro atoms. The third-order valence-corrected chi connectivity index (χ3v) is 3.66. The second-order valence-corrected chi connectivity index (χ2v) is 9.19. The van der Waals surface area contributed by atoms with Crippen molar-refractivity contribution in [2.24, 2.45) is 16.2 Å². The maximum absolute atomic E-state index is 10.5. The molecule has 0 saturated carbocycles. The molecule has 1 aliphatic rings. The quantitative estimate of drug-likeness (QED) is 0.613. The van der Waals surface area contributed by atoms with Crippen LogP contribution in [0.4, 0.5) is 0 Å². The summed E-state index contributed by atoms with van der Waals surface area (Å²) in [6.45, 7) is 20.2. The number of allylic oxidation sites excluding steroid dienone is 3. The number of rotatable bonds is 1. The molecule has 0 aliphatic heterocycles. The van der Waals surface area contributed by atoms with Gasteiger partial charge in [-0.3, -0.25) is 0 Å². The van der Waals surface area contributed by atoms with Crippen molar-refractivity contribution in [3.8, 4) is 0 Å². The molecule has 0 amide bonds. The number of aliphatic hydroxyl groups excluding tert-OH is 1. The van der Waals surface area contributed by atoms with Gasteiger partial charge in [-0.15, -0.1) is 0 Å². The van der Waals surface area contributed by atoms with Gasteiger partial charge in [-0.25, -0.2) is 0 Å². The molecule has 0 unspecified atom stereocenters. The zero-order chi connectivity index (χ0) is 15.2. The molecule has 1 heteroatoms. The summed E-state index contributed by atoms with van der Waals surface area (Å²) in [7, 11) is 0. The fourth-order valence-corrected chi connectivity index (χ4v) is 3.02. The van der Waals surface area contributed by atoms with Crippen LogP contribution >= 0.6 is 0 Å². The Morgan fingerprint density at radius 2 is 1.32 bits per heavy atom. The number of aliphatic hydroxyl groups is 1. The molecule has 0 bridgehead atoms. The monoisotopic (exact) mass is 264 g/mol. The zero-order valence-corrected chi connectivity index (χ0v) is 14.4. The van der Waals surface area contributed by atoms with E-state index in [0.29, 0.717) is 5.76 Å². The summed E-state index contributed by atoms with van der Waals surface area (Å²) in [5.74, 6) is 0.594. The average molecular weight is 264 g/mol. The fraction of sp³-hybridized carbons (Fsp3) is 0.778. The molecule has 1 aliphatic carbocycles. The van der Waals surface area contributed by atoms with Gasteiger partial charge >= 0.3 is 0 Å². The minimum absolute atomic E-state index is 0.0116. The third kappa shape index (κ3) is 3.87. The molecule has 0 aromatic carbocycles. The van der Waals surface area contributed by atoms with Crippen molar-refractivity contribution in [2.75, 3.05) is 0 Å².